The molecule has 112 valence electrons. The van der Waals surface area contributed by atoms with Crippen LogP contribution in [0.3, 0.4) is 0 Å². The molecule has 20 heavy (non-hydrogen) atoms. The number of amides is 2. The Morgan fingerprint density at radius 2 is 2.50 bits per heavy atom. The lowest BCUT2D eigenvalue weighted by Gasteiger charge is -2.23. The first-order valence-electron chi connectivity index (χ1n) is 6.94. The van der Waals surface area contributed by atoms with E-state index >= 15 is 0 Å². The fraction of sp³-hybridized carbons (Fsp3) is 0.643. The molecule has 1 aromatic heterocycles. The minimum absolute atomic E-state index is 0.0984. The van der Waals surface area contributed by atoms with E-state index in [0.717, 1.165) is 25.0 Å². The summed E-state index contributed by atoms with van der Waals surface area (Å²) < 4.78 is 15.6. The maximum atomic E-state index is 12.2. The van der Waals surface area contributed by atoms with Gasteiger partial charge in [0.2, 0.25) is 0 Å². The molecule has 1 aliphatic rings. The van der Waals surface area contributed by atoms with Crippen molar-refractivity contribution in [3.63, 3.8) is 0 Å². The van der Waals surface area contributed by atoms with Gasteiger partial charge in [-0.05, 0) is 18.9 Å². The molecular formula is C14H22N2O4. The molecule has 0 aromatic carbocycles. The molecule has 1 fully saturated rings. The minimum Gasteiger partial charge on any atom is -0.472 e. The lowest BCUT2D eigenvalue weighted by molar-refractivity contribution is 0.106. The summed E-state index contributed by atoms with van der Waals surface area (Å²) in [4.78, 5) is 13.9. The molecular weight excluding hydrogens is 260 g/mol. The summed E-state index contributed by atoms with van der Waals surface area (Å²) in [5.41, 5.74) is 0.966. The van der Waals surface area contributed by atoms with Crippen LogP contribution in [-0.2, 0) is 16.0 Å². The Balaban J connectivity index is 1.82. The zero-order chi connectivity index (χ0) is 14.2. The van der Waals surface area contributed by atoms with Gasteiger partial charge in [-0.25, -0.2) is 4.79 Å². The quantitative estimate of drug-likeness (QED) is 0.825. The van der Waals surface area contributed by atoms with Crippen LogP contribution in [0.25, 0.3) is 0 Å². The summed E-state index contributed by atoms with van der Waals surface area (Å²) in [6.45, 7) is 2.91. The minimum atomic E-state index is -0.0984. The van der Waals surface area contributed by atoms with Crippen molar-refractivity contribution in [3.8, 4) is 0 Å². The second kappa shape index (κ2) is 7.91. The van der Waals surface area contributed by atoms with Crippen LogP contribution in [0.1, 0.15) is 18.4 Å². The van der Waals surface area contributed by atoms with Crippen molar-refractivity contribution in [2.24, 2.45) is 0 Å². The maximum absolute atomic E-state index is 12.2. The van der Waals surface area contributed by atoms with Gasteiger partial charge in [-0.3, -0.25) is 0 Å². The Morgan fingerprint density at radius 1 is 1.60 bits per heavy atom. The van der Waals surface area contributed by atoms with Crippen LogP contribution in [0.4, 0.5) is 4.79 Å². The number of nitrogens with one attached hydrogen (secondary N) is 1. The average Bonchev–Trinajstić information content (AvgIpc) is 3.13. The highest BCUT2D eigenvalue weighted by Gasteiger charge is 2.19. The Bertz CT molecular complexity index is 388. The van der Waals surface area contributed by atoms with Crippen LogP contribution in [0.2, 0.25) is 0 Å². The summed E-state index contributed by atoms with van der Waals surface area (Å²) in [5, 5.41) is 2.92. The van der Waals surface area contributed by atoms with Crippen LogP contribution >= 0.6 is 0 Å². The van der Waals surface area contributed by atoms with Crippen molar-refractivity contribution in [3.05, 3.63) is 24.2 Å². The summed E-state index contributed by atoms with van der Waals surface area (Å²) in [6, 6.07) is 1.76. The highest BCUT2D eigenvalue weighted by molar-refractivity contribution is 5.74. The molecule has 0 unspecified atom stereocenters. The number of carbonyl (C=O) groups is 1. The highest BCUT2D eigenvalue weighted by atomic mass is 16.5. The third kappa shape index (κ3) is 4.54. The van der Waals surface area contributed by atoms with Gasteiger partial charge in [-0.15, -0.1) is 0 Å². The van der Waals surface area contributed by atoms with Gasteiger partial charge in [0.15, 0.2) is 0 Å². The maximum Gasteiger partial charge on any atom is 0.317 e. The Hall–Kier alpha value is -1.53. The molecule has 1 aromatic rings. The SMILES string of the molecule is COCCN(Cc1ccoc1)C(=O)NC[C@@H]1CCCO1. The van der Waals surface area contributed by atoms with E-state index in [-0.39, 0.29) is 12.1 Å². The molecule has 1 atom stereocenters. The zero-order valence-electron chi connectivity index (χ0n) is 11.8. The fourth-order valence-electron chi connectivity index (χ4n) is 2.18. The number of nitrogens with zero attached hydrogens (tertiary/aromatic N) is 1. The van der Waals surface area contributed by atoms with E-state index in [2.05, 4.69) is 5.32 Å². The van der Waals surface area contributed by atoms with Crippen molar-refractivity contribution in [1.82, 2.24) is 10.2 Å². The second-order valence-electron chi connectivity index (χ2n) is 4.87. The van der Waals surface area contributed by atoms with Gasteiger partial charge in [0.25, 0.3) is 0 Å². The van der Waals surface area contributed by atoms with Crippen LogP contribution < -0.4 is 5.32 Å². The molecule has 0 radical (unpaired) electrons. The summed E-state index contributed by atoms with van der Waals surface area (Å²) >= 11 is 0. The molecule has 0 saturated carbocycles. The molecule has 0 aliphatic carbocycles. The van der Waals surface area contributed by atoms with Crippen LogP contribution in [0.5, 0.6) is 0 Å². The summed E-state index contributed by atoms with van der Waals surface area (Å²) in [5.74, 6) is 0. The van der Waals surface area contributed by atoms with E-state index in [9.17, 15) is 4.79 Å². The van der Waals surface area contributed by atoms with Crippen molar-refractivity contribution in [2.45, 2.75) is 25.5 Å². The average molecular weight is 282 g/mol. The first-order valence-corrected chi connectivity index (χ1v) is 6.94. The van der Waals surface area contributed by atoms with Gasteiger partial charge in [-0.1, -0.05) is 0 Å². The smallest absolute Gasteiger partial charge is 0.317 e. The zero-order valence-corrected chi connectivity index (χ0v) is 11.8. The molecule has 0 spiro atoms. The number of urea groups is 1. The number of hydrogen-bond donors (Lipinski definition) is 1. The van der Waals surface area contributed by atoms with Gasteiger partial charge in [0, 0.05) is 32.4 Å². The largest absolute Gasteiger partial charge is 0.472 e. The monoisotopic (exact) mass is 282 g/mol. The molecule has 6 heteroatoms. The fourth-order valence-corrected chi connectivity index (χ4v) is 2.18. The van der Waals surface area contributed by atoms with E-state index in [4.69, 9.17) is 13.9 Å². The van der Waals surface area contributed by atoms with Crippen LogP contribution in [0.15, 0.2) is 23.0 Å². The van der Waals surface area contributed by atoms with Crippen molar-refractivity contribution < 1.29 is 18.7 Å². The van der Waals surface area contributed by atoms with Crippen LogP contribution in [0, 0.1) is 0 Å². The predicted molar refractivity (Wildman–Crippen MR) is 73.4 cm³/mol. The molecule has 6 nitrogen and oxygen atoms in total. The molecule has 0 bridgehead atoms. The van der Waals surface area contributed by atoms with Gasteiger partial charge in [0.1, 0.15) is 0 Å². The third-order valence-corrected chi connectivity index (χ3v) is 3.31. The number of rotatable bonds is 7. The van der Waals surface area contributed by atoms with Crippen molar-refractivity contribution in [1.29, 1.82) is 0 Å². The molecule has 1 N–H and O–H groups in total. The van der Waals surface area contributed by atoms with E-state index in [1.165, 1.54) is 0 Å². The topological polar surface area (TPSA) is 63.9 Å². The number of carbonyl (C=O) groups excluding carboxylic acids is 1. The standard InChI is InChI=1S/C14H22N2O4/c1-18-8-5-16(10-12-4-7-19-11-12)14(17)15-9-13-3-2-6-20-13/h4,7,11,13H,2-3,5-6,8-10H2,1H3,(H,15,17)/t13-/m0/s1. The Morgan fingerprint density at radius 3 is 3.15 bits per heavy atom. The third-order valence-electron chi connectivity index (χ3n) is 3.31. The summed E-state index contributed by atoms with van der Waals surface area (Å²) in [6.07, 6.45) is 5.49. The predicted octanol–water partition coefficient (Wildman–Crippen LogP) is 1.62. The molecule has 2 heterocycles. The van der Waals surface area contributed by atoms with Gasteiger partial charge >= 0.3 is 6.03 Å². The number of ether oxygens (including phenoxy) is 2. The van der Waals surface area contributed by atoms with Crippen molar-refractivity contribution in [2.75, 3.05) is 33.4 Å². The number of methoxy groups -OCH3 is 1. The van der Waals surface area contributed by atoms with Gasteiger partial charge < -0.3 is 24.1 Å². The van der Waals surface area contributed by atoms with Gasteiger partial charge in [-0.2, -0.15) is 0 Å². The second-order valence-corrected chi connectivity index (χ2v) is 4.87. The summed E-state index contributed by atoms with van der Waals surface area (Å²) in [7, 11) is 1.63. The molecule has 1 saturated heterocycles. The first kappa shape index (κ1) is 14.9. The normalized spacial score (nSPS) is 18.1. The first-order chi connectivity index (χ1) is 9.79. The Labute approximate surface area is 119 Å². The van der Waals surface area contributed by atoms with Gasteiger partial charge in [0.05, 0.1) is 31.8 Å². The molecule has 1 aliphatic heterocycles. The van der Waals surface area contributed by atoms with Crippen molar-refractivity contribution >= 4 is 6.03 Å². The molecule has 2 rings (SSSR count). The van der Waals surface area contributed by atoms with E-state index in [1.54, 1.807) is 24.5 Å². The van der Waals surface area contributed by atoms with Crippen LogP contribution in [-0.4, -0.2) is 50.4 Å². The molecule has 2 amide bonds. The van der Waals surface area contributed by atoms with E-state index < -0.39 is 0 Å². The van der Waals surface area contributed by atoms with E-state index in [0.29, 0.717) is 26.2 Å². The number of furan rings is 1. The van der Waals surface area contributed by atoms with E-state index in [1.807, 2.05) is 6.07 Å². The number of hydrogen-bond acceptors (Lipinski definition) is 4. The highest BCUT2D eigenvalue weighted by Crippen LogP contribution is 2.11. The lowest BCUT2D eigenvalue weighted by atomic mass is 10.2. The lowest BCUT2D eigenvalue weighted by Crippen LogP contribution is -2.43. The Kier molecular flexibility index (Phi) is 5.88.